The number of aliphatic imine (C=N–C) groups is 1. The molecule has 0 bridgehead atoms. The summed E-state index contributed by atoms with van der Waals surface area (Å²) in [6.07, 6.45) is 5.37. The lowest BCUT2D eigenvalue weighted by Crippen LogP contribution is -2.41. The zero-order chi connectivity index (χ0) is 16.7. The van der Waals surface area contributed by atoms with Crippen LogP contribution in [0.1, 0.15) is 13.3 Å². The number of amides is 1. The summed E-state index contributed by atoms with van der Waals surface area (Å²) in [5.74, 6) is -2.01. The minimum atomic E-state index is -0.553. The molecule has 0 aromatic heterocycles. The van der Waals surface area contributed by atoms with Crippen molar-refractivity contribution in [3.8, 4) is 0 Å². The molecule has 0 radical (unpaired) electrons. The van der Waals surface area contributed by atoms with E-state index in [4.69, 9.17) is 11.5 Å². The van der Waals surface area contributed by atoms with Gasteiger partial charge in [-0.15, -0.1) is 0 Å². The monoisotopic (exact) mass is 318 g/mol. The third kappa shape index (κ3) is 2.84. The highest BCUT2D eigenvalue weighted by Gasteiger charge is 2.42. The summed E-state index contributed by atoms with van der Waals surface area (Å²) in [5.41, 5.74) is 11.7. The largest absolute Gasteiger partial charge is 0.370 e. The van der Waals surface area contributed by atoms with E-state index < -0.39 is 17.7 Å². The normalized spacial score (nSPS) is 30.4. The van der Waals surface area contributed by atoms with Crippen LogP contribution in [-0.4, -0.2) is 41.7 Å². The van der Waals surface area contributed by atoms with Crippen LogP contribution in [0.15, 0.2) is 40.2 Å². The van der Waals surface area contributed by atoms with Gasteiger partial charge >= 0.3 is 0 Å². The van der Waals surface area contributed by atoms with E-state index in [1.807, 2.05) is 6.08 Å². The molecule has 2 heterocycles. The summed E-state index contributed by atoms with van der Waals surface area (Å²) in [5, 5.41) is 0. The molecule has 1 fully saturated rings. The van der Waals surface area contributed by atoms with Crippen molar-refractivity contribution >= 4 is 17.6 Å². The van der Waals surface area contributed by atoms with Gasteiger partial charge in [-0.25, -0.2) is 4.39 Å². The topological polar surface area (TPSA) is 102 Å². The summed E-state index contributed by atoms with van der Waals surface area (Å²) in [6, 6.07) is -0.0517. The minimum absolute atomic E-state index is 0.0517. The van der Waals surface area contributed by atoms with Gasteiger partial charge in [-0.3, -0.25) is 14.5 Å². The molecular weight excluding hydrogens is 299 g/mol. The highest BCUT2D eigenvalue weighted by molar-refractivity contribution is 6.03. The van der Waals surface area contributed by atoms with Gasteiger partial charge in [0.05, 0.1) is 6.54 Å². The summed E-state index contributed by atoms with van der Waals surface area (Å²) in [6.45, 7) is 2.64. The molecule has 1 amide bonds. The molecule has 3 unspecified atom stereocenters. The van der Waals surface area contributed by atoms with E-state index in [0.29, 0.717) is 5.57 Å². The molecule has 0 aromatic carbocycles. The molecule has 3 rings (SSSR count). The molecular formula is C16H19FN4O2. The van der Waals surface area contributed by atoms with Crippen molar-refractivity contribution < 1.29 is 14.0 Å². The summed E-state index contributed by atoms with van der Waals surface area (Å²) < 4.78 is 14.3. The Morgan fingerprint density at radius 2 is 2.13 bits per heavy atom. The highest BCUT2D eigenvalue weighted by atomic mass is 19.1. The van der Waals surface area contributed by atoms with Crippen molar-refractivity contribution in [3.05, 3.63) is 35.2 Å². The zero-order valence-corrected chi connectivity index (χ0v) is 12.8. The number of hydrogen-bond donors (Lipinski definition) is 2. The second-order valence-electron chi connectivity index (χ2n) is 6.19. The number of hydrogen-bond acceptors (Lipinski definition) is 3. The Morgan fingerprint density at radius 3 is 2.83 bits per heavy atom. The minimum Gasteiger partial charge on any atom is -0.370 e. The molecule has 6 nitrogen and oxygen atoms in total. The van der Waals surface area contributed by atoms with Crippen LogP contribution in [0.4, 0.5) is 4.39 Å². The van der Waals surface area contributed by atoms with Gasteiger partial charge in [-0.1, -0.05) is 13.0 Å². The van der Waals surface area contributed by atoms with Crippen molar-refractivity contribution in [2.75, 3.05) is 13.1 Å². The molecule has 0 saturated carbocycles. The lowest BCUT2D eigenvalue weighted by molar-refractivity contribution is -0.116. The van der Waals surface area contributed by atoms with E-state index in [1.54, 1.807) is 13.0 Å². The zero-order valence-electron chi connectivity index (χ0n) is 12.8. The van der Waals surface area contributed by atoms with Crippen LogP contribution >= 0.6 is 0 Å². The van der Waals surface area contributed by atoms with Crippen LogP contribution in [0, 0.1) is 11.8 Å². The van der Waals surface area contributed by atoms with Crippen LogP contribution in [0.3, 0.4) is 0 Å². The fraction of sp³-hybridized carbons (Fsp3) is 0.438. The second kappa shape index (κ2) is 5.73. The lowest BCUT2D eigenvalue weighted by atomic mass is 9.79. The molecule has 1 aliphatic carbocycles. The fourth-order valence-electron chi connectivity index (χ4n) is 3.62. The van der Waals surface area contributed by atoms with Crippen molar-refractivity contribution in [3.63, 3.8) is 0 Å². The molecule has 7 heteroatoms. The SMILES string of the molecule is CC1C(F)=CC(=O)CN2CCC3C=C(C(=O)N=C(N)N)C=C1C32. The Labute approximate surface area is 133 Å². The smallest absolute Gasteiger partial charge is 0.279 e. The van der Waals surface area contributed by atoms with Gasteiger partial charge < -0.3 is 11.5 Å². The van der Waals surface area contributed by atoms with Crippen molar-refractivity contribution in [2.24, 2.45) is 28.3 Å². The molecule has 1 saturated heterocycles. The lowest BCUT2D eigenvalue weighted by Gasteiger charge is -2.35. The Hall–Kier alpha value is -2.28. The molecule has 0 aromatic rings. The number of allylic oxidation sites excluding steroid dienone is 1. The number of carbonyl (C=O) groups excluding carboxylic acids is 2. The number of ketones is 1. The van der Waals surface area contributed by atoms with Gasteiger partial charge in [0, 0.05) is 23.6 Å². The maximum atomic E-state index is 14.3. The Balaban J connectivity index is 2.04. The van der Waals surface area contributed by atoms with Crippen molar-refractivity contribution in [2.45, 2.75) is 19.4 Å². The third-order valence-corrected chi connectivity index (χ3v) is 4.65. The van der Waals surface area contributed by atoms with E-state index >= 15 is 0 Å². The van der Waals surface area contributed by atoms with Gasteiger partial charge in [-0.05, 0) is 30.5 Å². The molecule has 2 aliphatic heterocycles. The number of rotatable bonds is 1. The first-order valence-corrected chi connectivity index (χ1v) is 7.58. The number of halogens is 1. The van der Waals surface area contributed by atoms with Crippen LogP contribution in [0.2, 0.25) is 0 Å². The van der Waals surface area contributed by atoms with E-state index in [9.17, 15) is 14.0 Å². The Morgan fingerprint density at radius 1 is 1.39 bits per heavy atom. The van der Waals surface area contributed by atoms with Crippen LogP contribution in [0.5, 0.6) is 0 Å². The molecule has 0 spiro atoms. The van der Waals surface area contributed by atoms with E-state index in [0.717, 1.165) is 24.6 Å². The molecule has 4 N–H and O–H groups in total. The first-order chi connectivity index (χ1) is 10.9. The van der Waals surface area contributed by atoms with E-state index in [-0.39, 0.29) is 30.2 Å². The van der Waals surface area contributed by atoms with Gasteiger partial charge in [-0.2, -0.15) is 4.99 Å². The van der Waals surface area contributed by atoms with E-state index in [1.165, 1.54) is 0 Å². The van der Waals surface area contributed by atoms with Crippen LogP contribution in [0.25, 0.3) is 0 Å². The average Bonchev–Trinajstić information content (AvgIpc) is 2.86. The number of nitrogens with zero attached hydrogens (tertiary/aromatic N) is 2. The number of carbonyl (C=O) groups is 2. The molecule has 122 valence electrons. The summed E-state index contributed by atoms with van der Waals surface area (Å²) in [4.78, 5) is 29.6. The standard InChI is InChI=1S/C16H19FN4O2/c1-8-12-5-10(15(23)20-16(18)19)4-9-2-3-21(14(9)12)7-11(22)6-13(8)17/h4-6,8-9,14H,2-3,7H2,1H3,(H4,18,19,20,23). The number of guanidine groups is 1. The highest BCUT2D eigenvalue weighted by Crippen LogP contribution is 2.41. The Bertz CT molecular complexity index is 688. The van der Waals surface area contributed by atoms with Gasteiger partial charge in [0.25, 0.3) is 5.91 Å². The molecule has 3 aliphatic rings. The first kappa shape index (κ1) is 15.6. The summed E-state index contributed by atoms with van der Waals surface area (Å²) >= 11 is 0. The van der Waals surface area contributed by atoms with Gasteiger partial charge in [0.1, 0.15) is 5.83 Å². The van der Waals surface area contributed by atoms with Crippen LogP contribution < -0.4 is 11.5 Å². The predicted octanol–water partition coefficient (Wildman–Crippen LogP) is 0.416. The van der Waals surface area contributed by atoms with Crippen molar-refractivity contribution in [1.82, 2.24) is 4.90 Å². The predicted molar refractivity (Wildman–Crippen MR) is 83.8 cm³/mol. The molecule has 23 heavy (non-hydrogen) atoms. The maximum Gasteiger partial charge on any atom is 0.279 e. The van der Waals surface area contributed by atoms with E-state index in [2.05, 4.69) is 9.89 Å². The van der Waals surface area contributed by atoms with Gasteiger partial charge in [0.2, 0.25) is 0 Å². The number of nitrogens with two attached hydrogens (primary N) is 2. The quantitative estimate of drug-likeness (QED) is 0.539. The first-order valence-electron chi connectivity index (χ1n) is 7.58. The second-order valence-corrected chi connectivity index (χ2v) is 6.19. The van der Waals surface area contributed by atoms with Gasteiger partial charge in [0.15, 0.2) is 11.7 Å². The average molecular weight is 318 g/mol. The summed E-state index contributed by atoms with van der Waals surface area (Å²) in [7, 11) is 0. The Kier molecular flexibility index (Phi) is 3.89. The fourth-order valence-corrected chi connectivity index (χ4v) is 3.62. The van der Waals surface area contributed by atoms with Crippen LogP contribution in [-0.2, 0) is 9.59 Å². The maximum absolute atomic E-state index is 14.3. The molecule has 3 atom stereocenters. The third-order valence-electron chi connectivity index (χ3n) is 4.65. The van der Waals surface area contributed by atoms with Crippen molar-refractivity contribution in [1.29, 1.82) is 0 Å².